The normalized spacial score (nSPS) is 10.0. The van der Waals surface area contributed by atoms with E-state index in [4.69, 9.17) is 22.7 Å². The molecule has 0 aliphatic heterocycles. The van der Waals surface area contributed by atoms with E-state index in [1.54, 1.807) is 13.3 Å². The van der Waals surface area contributed by atoms with Gasteiger partial charge in [0.05, 0.1) is 25.2 Å². The minimum absolute atomic E-state index is 0.224. The number of ether oxygens (including phenoxy) is 1. The Balaban J connectivity index is 2.23. The molecule has 0 aliphatic carbocycles. The van der Waals surface area contributed by atoms with Crippen molar-refractivity contribution in [2.24, 2.45) is 5.73 Å². The number of nitrogens with zero attached hydrogens (tertiary/aromatic N) is 2. The zero-order valence-electron chi connectivity index (χ0n) is 10.1. The smallest absolute Gasteiger partial charge is 0.148 e. The van der Waals surface area contributed by atoms with Crippen molar-refractivity contribution in [1.82, 2.24) is 9.97 Å². The van der Waals surface area contributed by atoms with Crippen molar-refractivity contribution in [3.63, 3.8) is 0 Å². The molecule has 0 bridgehead atoms. The molecule has 3 N–H and O–H groups in total. The fourth-order valence-electron chi connectivity index (χ4n) is 1.38. The Labute approximate surface area is 124 Å². The Kier molecular flexibility index (Phi) is 4.28. The van der Waals surface area contributed by atoms with Gasteiger partial charge in [-0.3, -0.25) is 0 Å². The Hall–Kier alpha value is -1.73. The third-order valence-electron chi connectivity index (χ3n) is 2.34. The van der Waals surface area contributed by atoms with E-state index in [9.17, 15) is 0 Å². The van der Waals surface area contributed by atoms with Crippen LogP contribution >= 0.6 is 28.1 Å². The maximum absolute atomic E-state index is 5.46. The maximum Gasteiger partial charge on any atom is 0.148 e. The Morgan fingerprint density at radius 2 is 2.16 bits per heavy atom. The third-order valence-corrected chi connectivity index (χ3v) is 3.24. The summed E-state index contributed by atoms with van der Waals surface area (Å²) in [7, 11) is 1.61. The first-order valence-electron chi connectivity index (χ1n) is 5.32. The lowest BCUT2D eigenvalue weighted by molar-refractivity contribution is 0.415. The molecule has 0 saturated heterocycles. The number of hydrogen-bond donors (Lipinski definition) is 2. The quantitative estimate of drug-likeness (QED) is 0.835. The minimum Gasteiger partial charge on any atom is -0.497 e. The molecule has 5 nitrogen and oxygen atoms in total. The van der Waals surface area contributed by atoms with Crippen LogP contribution in [-0.4, -0.2) is 22.1 Å². The van der Waals surface area contributed by atoms with Crippen molar-refractivity contribution in [1.29, 1.82) is 0 Å². The van der Waals surface area contributed by atoms with Gasteiger partial charge < -0.3 is 15.8 Å². The summed E-state index contributed by atoms with van der Waals surface area (Å²) in [6.45, 7) is 0. The highest BCUT2D eigenvalue weighted by atomic mass is 79.9. The second kappa shape index (κ2) is 5.94. The van der Waals surface area contributed by atoms with E-state index < -0.39 is 0 Å². The van der Waals surface area contributed by atoms with Gasteiger partial charge in [-0.15, -0.1) is 0 Å². The van der Waals surface area contributed by atoms with E-state index in [1.165, 1.54) is 6.20 Å². The van der Waals surface area contributed by atoms with Gasteiger partial charge in [0, 0.05) is 10.5 Å². The van der Waals surface area contributed by atoms with Gasteiger partial charge in [0.15, 0.2) is 0 Å². The van der Waals surface area contributed by atoms with Gasteiger partial charge in [0.2, 0.25) is 0 Å². The highest BCUT2D eigenvalue weighted by Crippen LogP contribution is 2.28. The van der Waals surface area contributed by atoms with E-state index in [-0.39, 0.29) is 4.99 Å². The first kappa shape index (κ1) is 13.7. The van der Waals surface area contributed by atoms with Crippen molar-refractivity contribution >= 4 is 44.6 Å². The molecule has 0 radical (unpaired) electrons. The van der Waals surface area contributed by atoms with Gasteiger partial charge in [0.1, 0.15) is 22.2 Å². The van der Waals surface area contributed by atoms with Crippen LogP contribution in [0.3, 0.4) is 0 Å². The number of nitrogens with two attached hydrogens (primary N) is 1. The maximum atomic E-state index is 5.46. The molecular weight excluding hydrogens is 328 g/mol. The van der Waals surface area contributed by atoms with Crippen LogP contribution in [0.1, 0.15) is 5.69 Å². The van der Waals surface area contributed by atoms with Gasteiger partial charge in [-0.25, -0.2) is 9.97 Å². The molecule has 0 atom stereocenters. The SMILES string of the molecule is COc1ccc(Br)c(Nc2cnc(C(N)=S)cn2)c1. The molecule has 1 heterocycles. The predicted octanol–water partition coefficient (Wildman–Crippen LogP) is 2.63. The third kappa shape index (κ3) is 3.39. The number of rotatable bonds is 4. The molecule has 1 aromatic heterocycles. The predicted molar refractivity (Wildman–Crippen MR) is 81.9 cm³/mol. The average Bonchev–Trinajstić information content (AvgIpc) is 2.42. The number of aromatic nitrogens is 2. The fourth-order valence-corrected chi connectivity index (χ4v) is 1.84. The molecule has 0 unspecified atom stereocenters. The molecule has 7 heteroatoms. The first-order valence-corrected chi connectivity index (χ1v) is 6.52. The summed E-state index contributed by atoms with van der Waals surface area (Å²) in [5.41, 5.74) is 6.78. The fraction of sp³-hybridized carbons (Fsp3) is 0.0833. The number of hydrogen-bond acceptors (Lipinski definition) is 5. The molecule has 1 aromatic carbocycles. The van der Waals surface area contributed by atoms with Gasteiger partial charge in [0.25, 0.3) is 0 Å². The molecule has 98 valence electrons. The molecular formula is C12H11BrN4OS. The van der Waals surface area contributed by atoms with E-state index >= 15 is 0 Å². The lowest BCUT2D eigenvalue weighted by Gasteiger charge is -2.09. The van der Waals surface area contributed by atoms with Crippen molar-refractivity contribution < 1.29 is 4.74 Å². The molecule has 19 heavy (non-hydrogen) atoms. The number of thiocarbonyl (C=S) groups is 1. The first-order chi connectivity index (χ1) is 9.10. The largest absolute Gasteiger partial charge is 0.497 e. The van der Waals surface area contributed by atoms with Crippen LogP contribution < -0.4 is 15.8 Å². The molecule has 2 aromatic rings. The van der Waals surface area contributed by atoms with Crippen LogP contribution in [0.4, 0.5) is 11.5 Å². The zero-order valence-corrected chi connectivity index (χ0v) is 12.5. The molecule has 2 rings (SSSR count). The van der Waals surface area contributed by atoms with E-state index in [0.717, 1.165) is 15.9 Å². The molecule has 0 aliphatic rings. The Morgan fingerprint density at radius 1 is 1.37 bits per heavy atom. The van der Waals surface area contributed by atoms with Crippen LogP contribution in [0, 0.1) is 0 Å². The van der Waals surface area contributed by atoms with E-state index in [1.807, 2.05) is 18.2 Å². The molecule has 0 fully saturated rings. The summed E-state index contributed by atoms with van der Waals surface area (Å²) in [5.74, 6) is 1.34. The number of benzene rings is 1. The number of halogens is 1. The summed E-state index contributed by atoms with van der Waals surface area (Å²) < 4.78 is 6.06. The van der Waals surface area contributed by atoms with Crippen LogP contribution in [0.25, 0.3) is 0 Å². The summed E-state index contributed by atoms with van der Waals surface area (Å²) in [6, 6.07) is 5.60. The van der Waals surface area contributed by atoms with Crippen LogP contribution in [0.5, 0.6) is 5.75 Å². The van der Waals surface area contributed by atoms with Gasteiger partial charge >= 0.3 is 0 Å². The van der Waals surface area contributed by atoms with Gasteiger partial charge in [-0.2, -0.15) is 0 Å². The van der Waals surface area contributed by atoms with Crippen LogP contribution in [-0.2, 0) is 0 Å². The summed E-state index contributed by atoms with van der Waals surface area (Å²) in [6.07, 6.45) is 3.10. The highest BCUT2D eigenvalue weighted by Gasteiger charge is 2.05. The van der Waals surface area contributed by atoms with E-state index in [2.05, 4.69) is 31.2 Å². The van der Waals surface area contributed by atoms with Crippen molar-refractivity contribution in [2.75, 3.05) is 12.4 Å². The van der Waals surface area contributed by atoms with E-state index in [0.29, 0.717) is 11.5 Å². The number of anilines is 2. The highest BCUT2D eigenvalue weighted by molar-refractivity contribution is 9.10. The number of methoxy groups -OCH3 is 1. The zero-order chi connectivity index (χ0) is 13.8. The van der Waals surface area contributed by atoms with Gasteiger partial charge in [-0.05, 0) is 28.1 Å². The van der Waals surface area contributed by atoms with Crippen LogP contribution in [0.15, 0.2) is 35.1 Å². The Bertz CT molecular complexity index is 603. The van der Waals surface area contributed by atoms with Crippen molar-refractivity contribution in [3.8, 4) is 5.75 Å². The second-order valence-corrected chi connectivity index (χ2v) is 4.92. The number of nitrogens with one attached hydrogen (secondary N) is 1. The lowest BCUT2D eigenvalue weighted by Crippen LogP contribution is -2.12. The van der Waals surface area contributed by atoms with Crippen molar-refractivity contribution in [3.05, 3.63) is 40.8 Å². The average molecular weight is 339 g/mol. The lowest BCUT2D eigenvalue weighted by atomic mass is 10.3. The molecule has 0 saturated carbocycles. The Morgan fingerprint density at radius 3 is 2.74 bits per heavy atom. The summed E-state index contributed by atoms with van der Waals surface area (Å²) in [5, 5.41) is 3.13. The van der Waals surface area contributed by atoms with Gasteiger partial charge in [-0.1, -0.05) is 12.2 Å². The second-order valence-electron chi connectivity index (χ2n) is 3.62. The summed E-state index contributed by atoms with van der Waals surface area (Å²) in [4.78, 5) is 8.52. The summed E-state index contributed by atoms with van der Waals surface area (Å²) >= 11 is 8.27. The minimum atomic E-state index is 0.224. The van der Waals surface area contributed by atoms with Crippen molar-refractivity contribution in [2.45, 2.75) is 0 Å². The monoisotopic (exact) mass is 338 g/mol. The molecule has 0 amide bonds. The molecule has 0 spiro atoms. The van der Waals surface area contributed by atoms with Crippen LogP contribution in [0.2, 0.25) is 0 Å². The standard InChI is InChI=1S/C12H11BrN4OS/c1-18-7-2-3-8(13)9(4-7)17-11-6-15-10(5-16-11)12(14)19/h2-6H,1H3,(H2,14,19)(H,16,17). The topological polar surface area (TPSA) is 73.1 Å².